The van der Waals surface area contributed by atoms with Gasteiger partial charge in [0.05, 0.1) is 63.1 Å². The van der Waals surface area contributed by atoms with E-state index in [0.29, 0.717) is 18.8 Å². The van der Waals surface area contributed by atoms with Crippen molar-refractivity contribution < 1.29 is 55.6 Å². The number of carbonyl (C=O) groups is 1. The van der Waals surface area contributed by atoms with E-state index in [4.69, 9.17) is 32.7 Å². The van der Waals surface area contributed by atoms with Crippen LogP contribution in [0, 0.1) is 11.3 Å². The fraction of sp³-hybridized carbons (Fsp3) is 0.432. The number of amides is 1. The normalized spacial score (nSPS) is 19.1. The first-order valence-corrected chi connectivity index (χ1v) is 23.1. The third-order valence-electron chi connectivity index (χ3n) is 10.3. The van der Waals surface area contributed by atoms with Crippen molar-refractivity contribution in [3.63, 3.8) is 0 Å². The lowest BCUT2D eigenvalue weighted by Crippen LogP contribution is -2.52. The maximum Gasteiger partial charge on any atom is 0.407 e. The van der Waals surface area contributed by atoms with Gasteiger partial charge in [-0.1, -0.05) is 105 Å². The van der Waals surface area contributed by atoms with Crippen LogP contribution in [0.3, 0.4) is 0 Å². The van der Waals surface area contributed by atoms with Gasteiger partial charge in [-0.15, -0.1) is 0 Å². The van der Waals surface area contributed by atoms with Gasteiger partial charge < -0.3 is 43.2 Å². The average molecular weight is 867 g/mol. The number of benzene rings is 4. The monoisotopic (exact) mass is 866 g/mol. The van der Waals surface area contributed by atoms with Crippen LogP contribution in [0.1, 0.15) is 37.0 Å². The van der Waals surface area contributed by atoms with Gasteiger partial charge >= 0.3 is 13.7 Å². The van der Waals surface area contributed by atoms with E-state index in [1.54, 1.807) is 26.0 Å². The van der Waals surface area contributed by atoms with E-state index in [2.05, 4.69) is 5.32 Å². The fourth-order valence-corrected chi connectivity index (χ4v) is 9.94. The number of hydrogen-bond acceptors (Lipinski definition) is 12. The molecule has 0 aromatic heterocycles. The van der Waals surface area contributed by atoms with Crippen LogP contribution in [-0.4, -0.2) is 94.8 Å². The Morgan fingerprint density at radius 1 is 0.883 bits per heavy atom. The molecule has 0 spiro atoms. The summed E-state index contributed by atoms with van der Waals surface area (Å²) in [7, 11) is -6.61. The molecule has 324 valence electrons. The Kier molecular flexibility index (Phi) is 15.9. The van der Waals surface area contributed by atoms with Crippen molar-refractivity contribution in [3.8, 4) is 5.75 Å². The molecule has 4 aromatic rings. The van der Waals surface area contributed by atoms with Gasteiger partial charge in [-0.3, -0.25) is 4.57 Å². The number of alkyl carbamates (subject to hydrolysis) is 1. The summed E-state index contributed by atoms with van der Waals surface area (Å²) in [5, 5.41) is 14.8. The van der Waals surface area contributed by atoms with Crippen LogP contribution in [0.2, 0.25) is 0 Å². The second-order valence-electron chi connectivity index (χ2n) is 15.7. The summed E-state index contributed by atoms with van der Waals surface area (Å²) in [6.45, 7) is 3.76. The molecule has 2 aliphatic rings. The minimum absolute atomic E-state index is 0.0260. The molecule has 1 amide bonds. The molecule has 4 aromatic carbocycles. The predicted octanol–water partition coefficient (Wildman–Crippen LogP) is 6.77. The molecule has 2 saturated heterocycles. The molecular formula is C44H55N2O12PS. The van der Waals surface area contributed by atoms with Crippen LogP contribution >= 0.6 is 7.60 Å². The average Bonchev–Trinajstić information content (AvgIpc) is 3.88. The van der Waals surface area contributed by atoms with Crippen LogP contribution in [-0.2, 0) is 62.2 Å². The smallest absolute Gasteiger partial charge is 0.407 e. The van der Waals surface area contributed by atoms with Gasteiger partial charge in [0.15, 0.2) is 6.29 Å². The van der Waals surface area contributed by atoms with E-state index in [1.807, 2.05) is 91.0 Å². The molecule has 0 bridgehead atoms. The van der Waals surface area contributed by atoms with Gasteiger partial charge in [0, 0.05) is 18.5 Å². The SMILES string of the molecule is COc1ccc(S(=O)(=O)N(C[C@@H](O)[C@H](Cc2ccccc2)NC(=O)OC2CO[C@H]3OCC[C@@H]23)CC(C)(C)COCP(=O)(OCc2ccccc2)OCc2ccccc2)cc1. The Labute approximate surface area is 352 Å². The quantitative estimate of drug-likeness (QED) is 0.0797. The number of aliphatic hydroxyl groups is 1. The second kappa shape index (κ2) is 21.1. The molecule has 1 unspecified atom stereocenters. The number of methoxy groups -OCH3 is 1. The number of carbonyl (C=O) groups excluding carboxylic acids is 1. The third-order valence-corrected chi connectivity index (χ3v) is 13.7. The molecule has 0 radical (unpaired) electrons. The number of rotatable bonds is 22. The van der Waals surface area contributed by atoms with E-state index < -0.39 is 66.6 Å². The summed E-state index contributed by atoms with van der Waals surface area (Å²) in [6.07, 6.45) is -2.64. The summed E-state index contributed by atoms with van der Waals surface area (Å²) < 4.78 is 84.3. The number of hydrogen-bond donors (Lipinski definition) is 2. The van der Waals surface area contributed by atoms with E-state index >= 15 is 0 Å². The first-order chi connectivity index (χ1) is 28.8. The van der Waals surface area contributed by atoms with Gasteiger partial charge in [-0.05, 0) is 53.8 Å². The Morgan fingerprint density at radius 3 is 2.05 bits per heavy atom. The summed E-state index contributed by atoms with van der Waals surface area (Å²) in [5.41, 5.74) is 1.50. The maximum absolute atomic E-state index is 14.5. The molecule has 2 fully saturated rings. The van der Waals surface area contributed by atoms with Crippen molar-refractivity contribution in [1.29, 1.82) is 0 Å². The van der Waals surface area contributed by atoms with Crippen LogP contribution < -0.4 is 10.1 Å². The number of sulfonamides is 1. The summed E-state index contributed by atoms with van der Waals surface area (Å²) in [5.74, 6) is 0.374. The van der Waals surface area contributed by atoms with Crippen molar-refractivity contribution in [1.82, 2.24) is 9.62 Å². The first kappa shape index (κ1) is 45.4. The lowest BCUT2D eigenvalue weighted by molar-refractivity contribution is -0.0907. The third kappa shape index (κ3) is 12.9. The van der Waals surface area contributed by atoms with E-state index in [0.717, 1.165) is 16.7 Å². The molecule has 14 nitrogen and oxygen atoms in total. The predicted molar refractivity (Wildman–Crippen MR) is 224 cm³/mol. The van der Waals surface area contributed by atoms with Gasteiger partial charge in [0.1, 0.15) is 18.2 Å². The number of nitrogens with zero attached hydrogens (tertiary/aromatic N) is 1. The Morgan fingerprint density at radius 2 is 1.47 bits per heavy atom. The zero-order chi connectivity index (χ0) is 42.6. The molecule has 2 N–H and O–H groups in total. The Balaban J connectivity index is 1.18. The van der Waals surface area contributed by atoms with Crippen molar-refractivity contribution in [2.75, 3.05) is 46.4 Å². The van der Waals surface area contributed by atoms with Crippen molar-refractivity contribution >= 4 is 23.7 Å². The van der Waals surface area contributed by atoms with E-state index in [-0.39, 0.29) is 50.2 Å². The van der Waals surface area contributed by atoms with E-state index in [9.17, 15) is 22.9 Å². The number of aliphatic hydroxyl groups excluding tert-OH is 1. The van der Waals surface area contributed by atoms with Gasteiger partial charge in [0.25, 0.3) is 0 Å². The zero-order valence-electron chi connectivity index (χ0n) is 34.2. The number of fused-ring (bicyclic) bond motifs is 1. The Hall–Kier alpha value is -4.15. The Bertz CT molecular complexity index is 2050. The lowest BCUT2D eigenvalue weighted by Gasteiger charge is -2.35. The molecule has 16 heteroatoms. The van der Waals surface area contributed by atoms with Crippen LogP contribution in [0.4, 0.5) is 4.79 Å². The topological polar surface area (TPSA) is 168 Å². The minimum atomic E-state index is -4.27. The lowest BCUT2D eigenvalue weighted by atomic mass is 9.94. The molecule has 0 aliphatic carbocycles. The highest BCUT2D eigenvalue weighted by Gasteiger charge is 2.44. The van der Waals surface area contributed by atoms with Crippen molar-refractivity contribution in [2.45, 2.75) is 69.3 Å². The molecule has 6 rings (SSSR count). The highest BCUT2D eigenvalue weighted by molar-refractivity contribution is 7.89. The summed E-state index contributed by atoms with van der Waals surface area (Å²) in [6, 6.07) is 32.8. The number of nitrogens with one attached hydrogen (secondary N) is 1. The molecule has 5 atom stereocenters. The fourth-order valence-electron chi connectivity index (χ4n) is 7.06. The molecular weight excluding hydrogens is 812 g/mol. The highest BCUT2D eigenvalue weighted by Crippen LogP contribution is 2.50. The maximum atomic E-state index is 14.5. The van der Waals surface area contributed by atoms with Crippen LogP contribution in [0.5, 0.6) is 5.75 Å². The molecule has 2 heterocycles. The zero-order valence-corrected chi connectivity index (χ0v) is 35.9. The van der Waals surface area contributed by atoms with Gasteiger partial charge in [-0.25, -0.2) is 13.2 Å². The summed E-state index contributed by atoms with van der Waals surface area (Å²) in [4.78, 5) is 13.4. The van der Waals surface area contributed by atoms with E-state index in [1.165, 1.54) is 23.5 Å². The number of ether oxygens (including phenoxy) is 5. The van der Waals surface area contributed by atoms with Gasteiger partial charge in [-0.2, -0.15) is 4.31 Å². The van der Waals surface area contributed by atoms with Crippen LogP contribution in [0.15, 0.2) is 120 Å². The largest absolute Gasteiger partial charge is 0.497 e. The summed E-state index contributed by atoms with van der Waals surface area (Å²) >= 11 is 0. The van der Waals surface area contributed by atoms with Crippen LogP contribution in [0.25, 0.3) is 0 Å². The molecule has 2 aliphatic heterocycles. The minimum Gasteiger partial charge on any atom is -0.497 e. The van der Waals surface area contributed by atoms with Crippen molar-refractivity contribution in [3.05, 3.63) is 132 Å². The standard InChI is InChI=1S/C44H55N2O12PS/c1-44(2,31-53-32-59(49,56-27-34-15-9-5-10-16-34)57-28-35-17-11-6-12-18-35)30-46(60(50,51)37-21-19-36(52-3)20-22-37)26-40(47)39(25-33-13-7-4-8-14-33)45-43(48)58-41-29-55-42-38(41)23-24-54-42/h4-22,38-42,47H,23-32H2,1-3H3,(H,45,48)/t38-,39-,40+,41?,42+/m0/s1. The van der Waals surface area contributed by atoms with Gasteiger partial charge in [0.2, 0.25) is 10.0 Å². The van der Waals surface area contributed by atoms with Crippen molar-refractivity contribution in [2.24, 2.45) is 11.3 Å². The highest BCUT2D eigenvalue weighted by atomic mass is 32.2. The second-order valence-corrected chi connectivity index (χ2v) is 19.7. The first-order valence-electron chi connectivity index (χ1n) is 19.9. The molecule has 60 heavy (non-hydrogen) atoms. The molecule has 0 saturated carbocycles.